The molecule has 0 spiro atoms. The monoisotopic (exact) mass is 431 g/mol. The van der Waals surface area contributed by atoms with Crippen LogP contribution in [0.4, 0.5) is 0 Å². The van der Waals surface area contributed by atoms with Gasteiger partial charge in [0.1, 0.15) is 11.8 Å². The van der Waals surface area contributed by atoms with Gasteiger partial charge in [-0.15, -0.1) is 0 Å². The van der Waals surface area contributed by atoms with Gasteiger partial charge in [-0.2, -0.15) is 0 Å². The molecule has 0 aromatic heterocycles. The third kappa shape index (κ3) is 6.43. The molecule has 0 unspecified atom stereocenters. The maximum Gasteiger partial charge on any atom is 0.242 e. The lowest BCUT2D eigenvalue weighted by molar-refractivity contribution is -0.129. The molecule has 0 radical (unpaired) electrons. The Labute approximate surface area is 188 Å². The molecule has 166 valence electrons. The first-order chi connectivity index (χ1) is 15.6. The van der Waals surface area contributed by atoms with Gasteiger partial charge in [-0.25, -0.2) is 0 Å². The number of phenols is 1. The van der Waals surface area contributed by atoms with Crippen LogP contribution in [0.15, 0.2) is 84.9 Å². The molecule has 3 aromatic rings. The van der Waals surface area contributed by atoms with Gasteiger partial charge in [0.2, 0.25) is 11.8 Å². The second kappa shape index (κ2) is 11.7. The smallest absolute Gasteiger partial charge is 0.242 e. The SMILES string of the molecule is NCCC[C@@H](NC(=O)C(c1ccccc1)c1ccccc1)C(=O)NCc1ccc(O)cc1. The van der Waals surface area contributed by atoms with Gasteiger partial charge in [-0.05, 0) is 48.2 Å². The number of carbonyl (C=O) groups excluding carboxylic acids is 2. The third-order valence-corrected chi connectivity index (χ3v) is 5.26. The highest BCUT2D eigenvalue weighted by atomic mass is 16.3. The summed E-state index contributed by atoms with van der Waals surface area (Å²) in [5.74, 6) is -0.854. The van der Waals surface area contributed by atoms with E-state index in [-0.39, 0.29) is 17.6 Å². The van der Waals surface area contributed by atoms with Crippen LogP contribution in [0.2, 0.25) is 0 Å². The molecule has 6 nitrogen and oxygen atoms in total. The van der Waals surface area contributed by atoms with E-state index in [1.807, 2.05) is 60.7 Å². The van der Waals surface area contributed by atoms with Crippen LogP contribution < -0.4 is 16.4 Å². The van der Waals surface area contributed by atoms with E-state index in [1.165, 1.54) is 0 Å². The van der Waals surface area contributed by atoms with Gasteiger partial charge >= 0.3 is 0 Å². The van der Waals surface area contributed by atoms with Gasteiger partial charge in [0.15, 0.2) is 0 Å². The van der Waals surface area contributed by atoms with Gasteiger partial charge < -0.3 is 21.5 Å². The van der Waals surface area contributed by atoms with E-state index in [1.54, 1.807) is 24.3 Å². The topological polar surface area (TPSA) is 104 Å². The Morgan fingerprint density at radius 1 is 0.812 bits per heavy atom. The zero-order chi connectivity index (χ0) is 22.8. The van der Waals surface area contributed by atoms with Crippen molar-refractivity contribution in [2.24, 2.45) is 5.73 Å². The highest BCUT2D eigenvalue weighted by molar-refractivity contribution is 5.92. The van der Waals surface area contributed by atoms with Crippen LogP contribution in [-0.4, -0.2) is 29.5 Å². The summed E-state index contributed by atoms with van der Waals surface area (Å²) in [4.78, 5) is 26.3. The highest BCUT2D eigenvalue weighted by Crippen LogP contribution is 2.25. The number of hydrogen-bond acceptors (Lipinski definition) is 4. The van der Waals surface area contributed by atoms with E-state index in [2.05, 4.69) is 10.6 Å². The molecule has 32 heavy (non-hydrogen) atoms. The number of benzene rings is 3. The summed E-state index contributed by atoms with van der Waals surface area (Å²) in [5, 5.41) is 15.2. The Bertz CT molecular complexity index is 952. The molecular formula is C26H29N3O3. The van der Waals surface area contributed by atoms with E-state index in [0.29, 0.717) is 25.9 Å². The zero-order valence-corrected chi connectivity index (χ0v) is 17.9. The molecular weight excluding hydrogens is 402 g/mol. The van der Waals surface area contributed by atoms with E-state index in [9.17, 15) is 14.7 Å². The van der Waals surface area contributed by atoms with Crippen LogP contribution in [0.1, 0.15) is 35.4 Å². The number of hydrogen-bond donors (Lipinski definition) is 4. The number of rotatable bonds is 10. The average molecular weight is 432 g/mol. The van der Waals surface area contributed by atoms with Crippen LogP contribution in [0.5, 0.6) is 5.75 Å². The lowest BCUT2D eigenvalue weighted by Gasteiger charge is -2.23. The lowest BCUT2D eigenvalue weighted by Crippen LogP contribution is -2.48. The van der Waals surface area contributed by atoms with Crippen molar-refractivity contribution in [1.82, 2.24) is 10.6 Å². The van der Waals surface area contributed by atoms with E-state index >= 15 is 0 Å². The second-order valence-corrected chi connectivity index (χ2v) is 7.63. The Hall–Kier alpha value is -3.64. The van der Waals surface area contributed by atoms with Crippen LogP contribution in [-0.2, 0) is 16.1 Å². The zero-order valence-electron chi connectivity index (χ0n) is 17.9. The molecule has 3 rings (SSSR count). The summed E-state index contributed by atoms with van der Waals surface area (Å²) in [7, 11) is 0. The average Bonchev–Trinajstić information content (AvgIpc) is 2.82. The van der Waals surface area contributed by atoms with Gasteiger partial charge in [0.25, 0.3) is 0 Å². The molecule has 0 fully saturated rings. The summed E-state index contributed by atoms with van der Waals surface area (Å²) < 4.78 is 0. The number of nitrogens with two attached hydrogens (primary N) is 1. The Balaban J connectivity index is 1.75. The third-order valence-electron chi connectivity index (χ3n) is 5.26. The number of nitrogens with one attached hydrogen (secondary N) is 2. The van der Waals surface area contributed by atoms with Crippen molar-refractivity contribution in [3.05, 3.63) is 102 Å². The molecule has 0 bridgehead atoms. The molecule has 2 amide bonds. The van der Waals surface area contributed by atoms with Crippen molar-refractivity contribution < 1.29 is 14.7 Å². The Kier molecular flexibility index (Phi) is 8.40. The molecule has 3 aromatic carbocycles. The van der Waals surface area contributed by atoms with Crippen molar-refractivity contribution in [3.63, 3.8) is 0 Å². The van der Waals surface area contributed by atoms with Gasteiger partial charge in [0, 0.05) is 6.54 Å². The number of phenolic OH excluding ortho intramolecular Hbond substituents is 1. The fourth-order valence-corrected chi connectivity index (χ4v) is 3.56. The standard InChI is InChI=1S/C26H29N3O3/c27-17-7-12-23(25(31)28-18-19-13-15-22(30)16-14-19)29-26(32)24(20-8-3-1-4-9-20)21-10-5-2-6-11-21/h1-6,8-11,13-16,23-24,30H,7,12,17-18,27H2,(H,28,31)(H,29,32)/t23-/m1/s1. The summed E-state index contributed by atoms with van der Waals surface area (Å²) in [5.41, 5.74) is 8.23. The lowest BCUT2D eigenvalue weighted by atomic mass is 9.90. The first-order valence-electron chi connectivity index (χ1n) is 10.7. The molecule has 0 aliphatic carbocycles. The number of carbonyl (C=O) groups is 2. The summed E-state index contributed by atoms with van der Waals surface area (Å²) in [6, 6.07) is 25.0. The second-order valence-electron chi connectivity index (χ2n) is 7.63. The van der Waals surface area contributed by atoms with Crippen LogP contribution in [0.3, 0.4) is 0 Å². The maximum absolute atomic E-state index is 13.4. The fourth-order valence-electron chi connectivity index (χ4n) is 3.56. The van der Waals surface area contributed by atoms with E-state index in [0.717, 1.165) is 16.7 Å². The minimum absolute atomic E-state index is 0.168. The van der Waals surface area contributed by atoms with Gasteiger partial charge in [-0.3, -0.25) is 9.59 Å². The molecule has 0 saturated carbocycles. The summed E-state index contributed by atoms with van der Waals surface area (Å²) >= 11 is 0. The molecule has 5 N–H and O–H groups in total. The summed E-state index contributed by atoms with van der Waals surface area (Å²) in [6.07, 6.45) is 1.05. The predicted octanol–water partition coefficient (Wildman–Crippen LogP) is 3.06. The minimum Gasteiger partial charge on any atom is -0.508 e. The van der Waals surface area contributed by atoms with Crippen molar-refractivity contribution in [2.75, 3.05) is 6.54 Å². The molecule has 0 heterocycles. The van der Waals surface area contributed by atoms with Crippen LogP contribution >= 0.6 is 0 Å². The molecule has 0 aliphatic rings. The first kappa shape index (κ1) is 23.0. The molecule has 6 heteroatoms. The van der Waals surface area contributed by atoms with Crippen molar-refractivity contribution in [2.45, 2.75) is 31.3 Å². The maximum atomic E-state index is 13.4. The van der Waals surface area contributed by atoms with Crippen molar-refractivity contribution >= 4 is 11.8 Å². The van der Waals surface area contributed by atoms with Crippen LogP contribution in [0, 0.1) is 0 Å². The highest BCUT2D eigenvalue weighted by Gasteiger charge is 2.27. The molecule has 0 saturated heterocycles. The predicted molar refractivity (Wildman–Crippen MR) is 125 cm³/mol. The normalized spacial score (nSPS) is 11.7. The Morgan fingerprint density at radius 3 is 1.91 bits per heavy atom. The van der Waals surface area contributed by atoms with E-state index < -0.39 is 12.0 Å². The summed E-state index contributed by atoms with van der Waals surface area (Å²) in [6.45, 7) is 0.729. The van der Waals surface area contributed by atoms with Crippen molar-refractivity contribution in [1.29, 1.82) is 0 Å². The Morgan fingerprint density at radius 2 is 1.38 bits per heavy atom. The molecule has 1 atom stereocenters. The number of amides is 2. The largest absolute Gasteiger partial charge is 0.508 e. The fraction of sp³-hybridized carbons (Fsp3) is 0.231. The van der Waals surface area contributed by atoms with E-state index in [4.69, 9.17) is 5.73 Å². The first-order valence-corrected chi connectivity index (χ1v) is 10.7. The minimum atomic E-state index is -0.696. The quantitative estimate of drug-likeness (QED) is 0.396. The van der Waals surface area contributed by atoms with Gasteiger partial charge in [-0.1, -0.05) is 72.8 Å². The van der Waals surface area contributed by atoms with Crippen LogP contribution in [0.25, 0.3) is 0 Å². The van der Waals surface area contributed by atoms with Gasteiger partial charge in [0.05, 0.1) is 5.92 Å². The number of aromatic hydroxyl groups is 1. The van der Waals surface area contributed by atoms with Crippen molar-refractivity contribution in [3.8, 4) is 5.75 Å². The molecule has 0 aliphatic heterocycles.